The van der Waals surface area contributed by atoms with Gasteiger partial charge in [-0.1, -0.05) is 30.2 Å². The molecule has 0 bridgehead atoms. The van der Waals surface area contributed by atoms with E-state index < -0.39 is 5.60 Å². The van der Waals surface area contributed by atoms with Crippen molar-refractivity contribution in [2.24, 2.45) is 0 Å². The number of hydrogen-bond acceptors (Lipinski definition) is 9. The first-order valence-corrected chi connectivity index (χ1v) is 21.0. The third kappa shape index (κ3) is 10.4. The van der Waals surface area contributed by atoms with Gasteiger partial charge in [0.15, 0.2) is 0 Å². The zero-order chi connectivity index (χ0) is 39.9. The van der Waals surface area contributed by atoms with E-state index in [0.717, 1.165) is 98.3 Å². The number of aryl methyl sites for hydroxylation is 1. The number of hydrogen-bond donors (Lipinski definition) is 3. The fourth-order valence-electron chi connectivity index (χ4n) is 8.29. The summed E-state index contributed by atoms with van der Waals surface area (Å²) in [6.45, 7) is 6.09. The quantitative estimate of drug-likeness (QED) is 0.158. The molecule has 2 fully saturated rings. The smallest absolute Gasteiger partial charge is 0.261 e. The molecule has 2 aromatic heterocycles. The van der Waals surface area contributed by atoms with Crippen LogP contribution in [0.4, 0.5) is 5.69 Å². The molecule has 3 N–H and O–H groups in total. The van der Waals surface area contributed by atoms with Crippen LogP contribution in [0, 0.1) is 0 Å². The number of pyridine rings is 1. The average molecular weight is 799 g/mol. The van der Waals surface area contributed by atoms with E-state index in [0.29, 0.717) is 68.5 Å². The predicted molar refractivity (Wildman–Crippen MR) is 223 cm³/mol. The number of likely N-dealkylation sites (tertiary alicyclic amines) is 1. The first-order valence-electron chi connectivity index (χ1n) is 20.6. The van der Waals surface area contributed by atoms with E-state index in [2.05, 4.69) is 32.5 Å². The number of benzene rings is 2. The first-order chi connectivity index (χ1) is 27.5. The van der Waals surface area contributed by atoms with Crippen LogP contribution in [0.1, 0.15) is 74.6 Å². The van der Waals surface area contributed by atoms with Gasteiger partial charge in [0.05, 0.1) is 46.3 Å². The summed E-state index contributed by atoms with van der Waals surface area (Å²) in [5, 5.41) is 19.5. The molecule has 4 aromatic rings. The van der Waals surface area contributed by atoms with Crippen molar-refractivity contribution >= 4 is 56.8 Å². The van der Waals surface area contributed by atoms with Crippen LogP contribution in [0.15, 0.2) is 47.5 Å². The van der Waals surface area contributed by atoms with Gasteiger partial charge in [-0.25, -0.2) is 4.98 Å². The molecule has 0 saturated carbocycles. The Kier molecular flexibility index (Phi) is 13.2. The number of fused-ring (bicyclic) bond motifs is 3. The monoisotopic (exact) mass is 798 g/mol. The fourth-order valence-corrected chi connectivity index (χ4v) is 8.65. The van der Waals surface area contributed by atoms with Gasteiger partial charge in [0.2, 0.25) is 17.7 Å². The third-order valence-electron chi connectivity index (χ3n) is 11.9. The van der Waals surface area contributed by atoms with E-state index >= 15 is 0 Å². The fraction of sp³-hybridized carbons (Fsp3) is 0.535. The summed E-state index contributed by atoms with van der Waals surface area (Å²) in [6.07, 6.45) is 9.74. The van der Waals surface area contributed by atoms with Crippen LogP contribution < -0.4 is 16.2 Å². The highest BCUT2D eigenvalue weighted by molar-refractivity contribution is 6.36. The number of nitrogens with zero attached hydrogens (tertiary/aromatic N) is 6. The summed E-state index contributed by atoms with van der Waals surface area (Å²) >= 11 is 6.71. The normalized spacial score (nSPS) is 17.4. The van der Waals surface area contributed by atoms with Gasteiger partial charge >= 0.3 is 0 Å². The second-order valence-corrected chi connectivity index (χ2v) is 16.6. The SMILES string of the molecule is CN1CCN(CCC(=O)Nc2ccc3c(=O)n(CC4(O)CCN(C(=O)CCCCCNC(=O)Cc5ccc6c(Cl)c7c(nc6c5)CCCC7)CC4)cnc3c2)CC1. The highest BCUT2D eigenvalue weighted by Gasteiger charge is 2.34. The van der Waals surface area contributed by atoms with Gasteiger partial charge in [0.25, 0.3) is 5.56 Å². The molecular weight excluding hydrogens is 744 g/mol. The maximum atomic E-state index is 13.4. The summed E-state index contributed by atoms with van der Waals surface area (Å²) < 4.78 is 1.44. The second kappa shape index (κ2) is 18.4. The maximum absolute atomic E-state index is 13.4. The van der Waals surface area contributed by atoms with Crippen LogP contribution in [0.5, 0.6) is 0 Å². The highest BCUT2D eigenvalue weighted by atomic mass is 35.5. The lowest BCUT2D eigenvalue weighted by molar-refractivity contribution is -0.136. The van der Waals surface area contributed by atoms with Crippen LogP contribution >= 0.6 is 11.6 Å². The number of amides is 3. The van der Waals surface area contributed by atoms with E-state index in [1.807, 2.05) is 18.2 Å². The van der Waals surface area contributed by atoms with E-state index in [4.69, 9.17) is 16.6 Å². The highest BCUT2D eigenvalue weighted by Crippen LogP contribution is 2.33. The van der Waals surface area contributed by atoms with Crippen molar-refractivity contribution in [2.45, 2.75) is 89.2 Å². The Morgan fingerprint density at radius 2 is 1.65 bits per heavy atom. The van der Waals surface area contributed by atoms with Gasteiger partial charge < -0.3 is 30.4 Å². The molecule has 2 aromatic carbocycles. The maximum Gasteiger partial charge on any atom is 0.261 e. The Labute approximate surface area is 338 Å². The zero-order valence-corrected chi connectivity index (χ0v) is 33.8. The Hall–Kier alpha value is -4.43. The number of aromatic nitrogens is 3. The van der Waals surface area contributed by atoms with Crippen molar-refractivity contribution in [3.8, 4) is 0 Å². The van der Waals surface area contributed by atoms with Gasteiger partial charge in [-0.3, -0.25) is 28.7 Å². The van der Waals surface area contributed by atoms with E-state index in [1.54, 1.807) is 23.1 Å². The average Bonchev–Trinajstić information content (AvgIpc) is 3.20. The number of halogens is 1. The van der Waals surface area contributed by atoms with Crippen molar-refractivity contribution < 1.29 is 19.5 Å². The number of anilines is 1. The van der Waals surface area contributed by atoms with E-state index in [1.165, 1.54) is 16.5 Å². The molecule has 2 aliphatic heterocycles. The molecule has 1 aliphatic carbocycles. The Bertz CT molecular complexity index is 2160. The summed E-state index contributed by atoms with van der Waals surface area (Å²) in [5.41, 5.74) is 3.68. The molecule has 14 heteroatoms. The van der Waals surface area contributed by atoms with Crippen molar-refractivity contribution in [3.63, 3.8) is 0 Å². The van der Waals surface area contributed by atoms with Crippen LogP contribution in [0.2, 0.25) is 5.02 Å². The number of carbonyl (C=O) groups is 3. The third-order valence-corrected chi connectivity index (χ3v) is 12.3. The minimum Gasteiger partial charge on any atom is -0.388 e. The molecular formula is C43H55ClN8O5. The topological polar surface area (TPSA) is 153 Å². The number of carbonyl (C=O) groups excluding carboxylic acids is 3. The summed E-state index contributed by atoms with van der Waals surface area (Å²) in [6, 6.07) is 11.0. The number of aliphatic hydroxyl groups is 1. The lowest BCUT2D eigenvalue weighted by Crippen LogP contribution is -2.49. The van der Waals surface area contributed by atoms with Crippen molar-refractivity contribution in [1.29, 1.82) is 0 Å². The predicted octanol–water partition coefficient (Wildman–Crippen LogP) is 4.33. The van der Waals surface area contributed by atoms with Gasteiger partial charge in [0, 0.05) is 82.0 Å². The van der Waals surface area contributed by atoms with E-state index in [-0.39, 0.29) is 36.2 Å². The molecule has 13 nitrogen and oxygen atoms in total. The lowest BCUT2D eigenvalue weighted by Gasteiger charge is -2.38. The summed E-state index contributed by atoms with van der Waals surface area (Å²) in [5.74, 6) is -0.0662. The molecule has 7 rings (SSSR count). The van der Waals surface area contributed by atoms with Crippen molar-refractivity contribution in [1.82, 2.24) is 34.6 Å². The molecule has 2 saturated heterocycles. The zero-order valence-electron chi connectivity index (χ0n) is 33.0. The Morgan fingerprint density at radius 1 is 0.877 bits per heavy atom. The second-order valence-electron chi connectivity index (χ2n) is 16.2. The van der Waals surface area contributed by atoms with Gasteiger partial charge in [-0.15, -0.1) is 0 Å². The molecule has 0 spiro atoms. The molecule has 4 heterocycles. The van der Waals surface area contributed by atoms with Crippen LogP contribution in [-0.4, -0.2) is 117 Å². The van der Waals surface area contributed by atoms with Gasteiger partial charge in [-0.05, 0) is 93.8 Å². The molecule has 3 amide bonds. The van der Waals surface area contributed by atoms with Crippen LogP contribution in [0.25, 0.3) is 21.8 Å². The molecule has 304 valence electrons. The summed E-state index contributed by atoms with van der Waals surface area (Å²) in [7, 11) is 2.10. The first kappa shape index (κ1) is 40.8. The lowest BCUT2D eigenvalue weighted by atomic mass is 9.91. The number of piperazine rings is 1. The largest absolute Gasteiger partial charge is 0.388 e. The van der Waals surface area contributed by atoms with Crippen molar-refractivity contribution in [3.05, 3.63) is 74.9 Å². The molecule has 0 atom stereocenters. The Morgan fingerprint density at radius 3 is 2.46 bits per heavy atom. The van der Waals surface area contributed by atoms with Gasteiger partial charge in [-0.2, -0.15) is 0 Å². The van der Waals surface area contributed by atoms with Crippen LogP contribution in [0.3, 0.4) is 0 Å². The Balaban J connectivity index is 0.796. The number of piperidine rings is 1. The van der Waals surface area contributed by atoms with E-state index in [9.17, 15) is 24.3 Å². The minimum atomic E-state index is -1.14. The molecule has 0 unspecified atom stereocenters. The number of rotatable bonds is 14. The number of likely N-dealkylation sites (N-methyl/N-ethyl adjacent to an activating group) is 1. The van der Waals surface area contributed by atoms with Crippen LogP contribution in [-0.2, 0) is 40.2 Å². The molecule has 3 aliphatic rings. The number of nitrogens with one attached hydrogen (secondary N) is 2. The summed E-state index contributed by atoms with van der Waals surface area (Å²) in [4.78, 5) is 67.4. The number of unbranched alkanes of at least 4 members (excludes halogenated alkanes) is 2. The molecule has 57 heavy (non-hydrogen) atoms. The molecule has 0 radical (unpaired) electrons. The standard InChI is InChI=1S/C43H55ClN8O5/c1-49-21-23-50(24-22-49)18-14-38(53)47-31-11-13-34-36(27-31)46-29-52(42(34)56)28-43(57)15-19-51(20-16-43)40(55)9-3-2-6-17-45-39(54)26-30-10-12-33-37(25-30)48-35-8-5-4-7-32(35)41(33)44/h10-13,25,27,29,57H,2-9,14-24,26,28H2,1H3,(H,45,54)(H,47,53). The van der Waals surface area contributed by atoms with Gasteiger partial charge in [0.1, 0.15) is 0 Å². The minimum absolute atomic E-state index is 0.0425. The van der Waals surface area contributed by atoms with Crippen molar-refractivity contribution in [2.75, 3.05) is 64.7 Å².